The lowest BCUT2D eigenvalue weighted by atomic mass is 10.1. The molecule has 1 aromatic carbocycles. The van der Waals surface area contributed by atoms with Crippen molar-refractivity contribution in [2.24, 2.45) is 0 Å². The number of halogens is 3. The van der Waals surface area contributed by atoms with Crippen LogP contribution in [-0.2, 0) is 14.3 Å². The van der Waals surface area contributed by atoms with E-state index in [1.165, 1.54) is 31.2 Å². The lowest BCUT2D eigenvalue weighted by molar-refractivity contribution is -0.165. The van der Waals surface area contributed by atoms with E-state index in [1.54, 1.807) is 0 Å². The summed E-state index contributed by atoms with van der Waals surface area (Å²) >= 11 is 5.69. The molecular formula is C15H15ClF2O4. The zero-order chi connectivity index (χ0) is 16.8. The number of Topliss-reactive ketones (excluding diaryl/α,β-unsaturated/α-hetero) is 1. The van der Waals surface area contributed by atoms with Crippen LogP contribution in [0.1, 0.15) is 13.3 Å². The maximum Gasteiger partial charge on any atom is 0.355 e. The smallest absolute Gasteiger partial charge is 0.355 e. The molecule has 1 atom stereocenters. The average molecular weight is 333 g/mol. The maximum absolute atomic E-state index is 13.7. The first kappa shape index (κ1) is 18.1. The minimum absolute atomic E-state index is 0.0465. The van der Waals surface area contributed by atoms with Crippen molar-refractivity contribution in [1.29, 1.82) is 0 Å². The van der Waals surface area contributed by atoms with Crippen molar-refractivity contribution >= 4 is 23.4 Å². The molecule has 4 nitrogen and oxygen atoms in total. The molecule has 0 aromatic heterocycles. The van der Waals surface area contributed by atoms with E-state index in [-0.39, 0.29) is 12.4 Å². The molecule has 1 aromatic rings. The summed E-state index contributed by atoms with van der Waals surface area (Å²) < 4.78 is 37.1. The predicted octanol–water partition coefficient (Wildman–Crippen LogP) is 3.43. The molecule has 0 heterocycles. The lowest BCUT2D eigenvalue weighted by Crippen LogP contribution is -2.46. The topological polar surface area (TPSA) is 52.6 Å². The van der Waals surface area contributed by atoms with E-state index in [0.29, 0.717) is 5.02 Å². The quantitative estimate of drug-likeness (QED) is 0.416. The van der Waals surface area contributed by atoms with Crippen LogP contribution in [0.2, 0.25) is 5.02 Å². The van der Waals surface area contributed by atoms with Gasteiger partial charge in [0.15, 0.2) is 0 Å². The number of carbonyl (C=O) groups is 2. The average Bonchev–Trinajstić information content (AvgIpc) is 2.46. The van der Waals surface area contributed by atoms with Gasteiger partial charge in [-0.1, -0.05) is 17.7 Å². The number of alkyl halides is 2. The van der Waals surface area contributed by atoms with E-state index in [9.17, 15) is 18.4 Å². The van der Waals surface area contributed by atoms with Gasteiger partial charge in [0.05, 0.1) is 6.61 Å². The number of hydrogen-bond acceptors (Lipinski definition) is 4. The first-order chi connectivity index (χ1) is 10.3. The van der Waals surface area contributed by atoms with Crippen molar-refractivity contribution in [3.63, 3.8) is 0 Å². The molecule has 0 aliphatic rings. The van der Waals surface area contributed by atoms with Crippen LogP contribution in [0.25, 0.3) is 0 Å². The summed E-state index contributed by atoms with van der Waals surface area (Å²) in [6.07, 6.45) is -2.07. The van der Waals surface area contributed by atoms with Crippen molar-refractivity contribution in [2.45, 2.75) is 25.4 Å². The third kappa shape index (κ3) is 4.80. The number of benzene rings is 1. The third-order valence-electron chi connectivity index (χ3n) is 2.57. The summed E-state index contributed by atoms with van der Waals surface area (Å²) in [7, 11) is 0. The van der Waals surface area contributed by atoms with Gasteiger partial charge in [-0.2, -0.15) is 8.78 Å². The van der Waals surface area contributed by atoms with E-state index in [2.05, 4.69) is 11.3 Å². The highest BCUT2D eigenvalue weighted by Crippen LogP contribution is 2.25. The third-order valence-corrected chi connectivity index (χ3v) is 2.82. The van der Waals surface area contributed by atoms with E-state index in [1.807, 2.05) is 0 Å². The van der Waals surface area contributed by atoms with Crippen molar-refractivity contribution in [2.75, 3.05) is 6.61 Å². The molecule has 0 spiro atoms. The van der Waals surface area contributed by atoms with Gasteiger partial charge >= 0.3 is 11.9 Å². The SMILES string of the molecule is C=CCC(F)(F)C(=O)C(Oc1ccc(Cl)cc1)C(=O)OCC. The highest BCUT2D eigenvalue weighted by Gasteiger charge is 2.47. The number of carbonyl (C=O) groups excluding carboxylic acids is 2. The van der Waals surface area contributed by atoms with Gasteiger partial charge in [-0.05, 0) is 31.2 Å². The Morgan fingerprint density at radius 2 is 1.95 bits per heavy atom. The number of allylic oxidation sites excluding steroid dienone is 1. The Bertz CT molecular complexity index is 543. The van der Waals surface area contributed by atoms with Gasteiger partial charge in [0.1, 0.15) is 5.75 Å². The summed E-state index contributed by atoms with van der Waals surface area (Å²) in [5, 5.41) is 0.392. The minimum atomic E-state index is -3.77. The van der Waals surface area contributed by atoms with E-state index in [0.717, 1.165) is 6.08 Å². The van der Waals surface area contributed by atoms with Gasteiger partial charge in [0.25, 0.3) is 11.9 Å². The molecule has 0 bridgehead atoms. The molecule has 0 N–H and O–H groups in total. The van der Waals surface area contributed by atoms with Gasteiger partial charge in [0.2, 0.25) is 0 Å². The Kier molecular flexibility index (Phi) is 6.49. The van der Waals surface area contributed by atoms with Crippen LogP contribution < -0.4 is 4.74 Å². The number of ketones is 1. The summed E-state index contributed by atoms with van der Waals surface area (Å²) in [5.41, 5.74) is 0. The fourth-order valence-corrected chi connectivity index (χ4v) is 1.68. The molecule has 0 aliphatic heterocycles. The van der Waals surface area contributed by atoms with Crippen LogP contribution in [0.15, 0.2) is 36.9 Å². The number of ether oxygens (including phenoxy) is 2. The Balaban J connectivity index is 3.02. The zero-order valence-corrected chi connectivity index (χ0v) is 12.6. The molecule has 7 heteroatoms. The van der Waals surface area contributed by atoms with Crippen molar-refractivity contribution in [3.8, 4) is 5.75 Å². The summed E-state index contributed by atoms with van der Waals surface area (Å²) in [6.45, 7) is 4.58. The second-order valence-electron chi connectivity index (χ2n) is 4.27. The molecule has 1 rings (SSSR count). The molecular weight excluding hydrogens is 318 g/mol. The fraction of sp³-hybridized carbons (Fsp3) is 0.333. The molecule has 0 amide bonds. The van der Waals surface area contributed by atoms with Gasteiger partial charge < -0.3 is 9.47 Å². The van der Waals surface area contributed by atoms with Gasteiger partial charge in [-0.3, -0.25) is 4.79 Å². The van der Waals surface area contributed by atoms with Gasteiger partial charge in [-0.15, -0.1) is 6.58 Å². The Hall–Kier alpha value is -1.95. The second kappa shape index (κ2) is 7.89. The Morgan fingerprint density at radius 3 is 2.45 bits per heavy atom. The Morgan fingerprint density at radius 1 is 1.36 bits per heavy atom. The van der Waals surface area contributed by atoms with Crippen molar-refractivity contribution in [1.82, 2.24) is 0 Å². The summed E-state index contributed by atoms with van der Waals surface area (Å²) in [4.78, 5) is 23.6. The fourth-order valence-electron chi connectivity index (χ4n) is 1.55. The first-order valence-corrected chi connectivity index (χ1v) is 6.81. The molecule has 120 valence electrons. The van der Waals surface area contributed by atoms with E-state index >= 15 is 0 Å². The number of hydrogen-bond donors (Lipinski definition) is 0. The van der Waals surface area contributed by atoms with Crippen LogP contribution >= 0.6 is 11.6 Å². The van der Waals surface area contributed by atoms with E-state index < -0.39 is 30.2 Å². The molecule has 1 unspecified atom stereocenters. The van der Waals surface area contributed by atoms with Crippen LogP contribution in [0.4, 0.5) is 8.78 Å². The highest BCUT2D eigenvalue weighted by molar-refractivity contribution is 6.30. The van der Waals surface area contributed by atoms with Crippen molar-refractivity contribution < 1.29 is 27.8 Å². The largest absolute Gasteiger partial charge is 0.471 e. The zero-order valence-electron chi connectivity index (χ0n) is 11.9. The first-order valence-electron chi connectivity index (χ1n) is 6.43. The van der Waals surface area contributed by atoms with Gasteiger partial charge in [0, 0.05) is 11.4 Å². The van der Waals surface area contributed by atoms with Gasteiger partial charge in [-0.25, -0.2) is 4.79 Å². The lowest BCUT2D eigenvalue weighted by Gasteiger charge is -2.21. The predicted molar refractivity (Wildman–Crippen MR) is 77.3 cm³/mol. The number of esters is 1. The molecule has 22 heavy (non-hydrogen) atoms. The molecule has 0 fully saturated rings. The molecule has 0 radical (unpaired) electrons. The summed E-state index contributed by atoms with van der Waals surface area (Å²) in [6, 6.07) is 5.58. The molecule has 0 aliphatic carbocycles. The minimum Gasteiger partial charge on any atom is -0.471 e. The maximum atomic E-state index is 13.7. The highest BCUT2D eigenvalue weighted by atomic mass is 35.5. The summed E-state index contributed by atoms with van der Waals surface area (Å²) in [5.74, 6) is -6.58. The normalized spacial score (nSPS) is 12.4. The Labute approximate surface area is 131 Å². The second-order valence-corrected chi connectivity index (χ2v) is 4.70. The van der Waals surface area contributed by atoms with Crippen LogP contribution in [-0.4, -0.2) is 30.4 Å². The number of rotatable bonds is 8. The van der Waals surface area contributed by atoms with E-state index in [4.69, 9.17) is 16.3 Å². The molecule has 0 saturated heterocycles. The van der Waals surface area contributed by atoms with Crippen LogP contribution in [0.5, 0.6) is 5.75 Å². The standard InChI is InChI=1S/C15H15ClF2O4/c1-3-9-15(17,18)13(19)12(14(20)21-4-2)22-11-7-5-10(16)6-8-11/h3,5-8,12H,1,4,9H2,2H3. The van der Waals surface area contributed by atoms with Crippen LogP contribution in [0, 0.1) is 0 Å². The van der Waals surface area contributed by atoms with Crippen molar-refractivity contribution in [3.05, 3.63) is 41.9 Å². The molecule has 0 saturated carbocycles. The van der Waals surface area contributed by atoms with Crippen LogP contribution in [0.3, 0.4) is 0 Å². The monoisotopic (exact) mass is 332 g/mol.